The zero-order valence-corrected chi connectivity index (χ0v) is 14.8. The summed E-state index contributed by atoms with van der Waals surface area (Å²) in [4.78, 5) is 27.0. The molecule has 1 heterocycles. The number of rotatable bonds is 3. The third-order valence-electron chi connectivity index (χ3n) is 3.21. The van der Waals surface area contributed by atoms with Crippen molar-refractivity contribution in [3.8, 4) is 11.3 Å². The molecule has 0 fully saturated rings. The van der Waals surface area contributed by atoms with Crippen molar-refractivity contribution in [3.05, 3.63) is 50.9 Å². The number of aromatic nitrogens is 1. The van der Waals surface area contributed by atoms with Crippen molar-refractivity contribution in [2.45, 2.75) is 20.8 Å². The van der Waals surface area contributed by atoms with E-state index in [4.69, 9.17) is 0 Å². The van der Waals surface area contributed by atoms with Crippen LogP contribution in [0.4, 0.5) is 15.8 Å². The van der Waals surface area contributed by atoms with Gasteiger partial charge in [-0.3, -0.25) is 19.9 Å². The maximum atomic E-state index is 14.1. The van der Waals surface area contributed by atoms with Gasteiger partial charge in [0.1, 0.15) is 17.2 Å². The first-order valence-corrected chi connectivity index (χ1v) is 7.81. The number of carbonyl (C=O) groups is 1. The van der Waals surface area contributed by atoms with E-state index in [1.807, 2.05) is 0 Å². The predicted molar refractivity (Wildman–Crippen MR) is 92.1 cm³/mol. The molecule has 2 aromatic rings. The van der Waals surface area contributed by atoms with E-state index in [0.717, 1.165) is 0 Å². The highest BCUT2D eigenvalue weighted by molar-refractivity contribution is 9.10. The molecule has 0 saturated carbocycles. The van der Waals surface area contributed by atoms with E-state index in [-0.39, 0.29) is 22.6 Å². The minimum absolute atomic E-state index is 0.0777. The summed E-state index contributed by atoms with van der Waals surface area (Å²) in [5.74, 6) is -1.07. The molecule has 0 aliphatic rings. The largest absolute Gasteiger partial charge is 0.319 e. The Bertz CT molecular complexity index is 819. The maximum absolute atomic E-state index is 14.1. The highest BCUT2D eigenvalue weighted by Crippen LogP contribution is 2.39. The highest BCUT2D eigenvalue weighted by Gasteiger charge is 2.28. The van der Waals surface area contributed by atoms with Gasteiger partial charge in [-0.25, -0.2) is 4.39 Å². The van der Waals surface area contributed by atoms with Crippen LogP contribution in [0.3, 0.4) is 0 Å². The van der Waals surface area contributed by atoms with Crippen LogP contribution in [0.1, 0.15) is 20.8 Å². The van der Waals surface area contributed by atoms with E-state index < -0.39 is 22.1 Å². The number of nitro benzene ring substituents is 1. The van der Waals surface area contributed by atoms with Gasteiger partial charge in [0.05, 0.1) is 4.92 Å². The number of hydrogen-bond acceptors (Lipinski definition) is 4. The summed E-state index contributed by atoms with van der Waals surface area (Å²) in [6.45, 7) is 5.02. The Kier molecular flexibility index (Phi) is 4.98. The molecule has 0 saturated heterocycles. The highest BCUT2D eigenvalue weighted by atomic mass is 79.9. The van der Waals surface area contributed by atoms with Crippen LogP contribution in [0.2, 0.25) is 0 Å². The number of pyridine rings is 1. The van der Waals surface area contributed by atoms with Crippen LogP contribution in [-0.4, -0.2) is 15.8 Å². The lowest BCUT2D eigenvalue weighted by Gasteiger charge is -2.19. The van der Waals surface area contributed by atoms with Gasteiger partial charge in [-0.15, -0.1) is 0 Å². The van der Waals surface area contributed by atoms with Gasteiger partial charge in [0.2, 0.25) is 5.91 Å². The van der Waals surface area contributed by atoms with Gasteiger partial charge < -0.3 is 5.32 Å². The first-order valence-electron chi connectivity index (χ1n) is 7.01. The van der Waals surface area contributed by atoms with Crippen molar-refractivity contribution < 1.29 is 14.1 Å². The lowest BCUT2D eigenvalue weighted by atomic mass is 9.95. The van der Waals surface area contributed by atoms with E-state index in [2.05, 4.69) is 26.2 Å². The molecule has 0 atom stereocenters. The summed E-state index contributed by atoms with van der Waals surface area (Å²) in [7, 11) is 0. The molecule has 0 aliphatic heterocycles. The van der Waals surface area contributed by atoms with Crippen molar-refractivity contribution in [2.75, 3.05) is 5.32 Å². The first-order chi connectivity index (χ1) is 11.1. The summed E-state index contributed by atoms with van der Waals surface area (Å²) in [5.41, 5.74) is -1.15. The molecule has 0 spiro atoms. The van der Waals surface area contributed by atoms with Crippen LogP contribution in [0.15, 0.2) is 34.9 Å². The number of hydrogen-bond donors (Lipinski definition) is 1. The van der Waals surface area contributed by atoms with Crippen LogP contribution < -0.4 is 5.32 Å². The zero-order chi connectivity index (χ0) is 18.1. The predicted octanol–water partition coefficient (Wildman–Crippen LogP) is 4.54. The second-order valence-corrected chi connectivity index (χ2v) is 7.06. The second-order valence-electron chi connectivity index (χ2n) is 6.14. The quantitative estimate of drug-likeness (QED) is 0.610. The minimum Gasteiger partial charge on any atom is -0.319 e. The standard InChI is InChI=1S/C16H15BrFN3O3/c1-16(2,3)15(22)20-14-10(13-11(18)5-4-6-19-13)7-9(17)8-12(14)21(23)24/h4-8H,1-3H3,(H,20,22). The number of carbonyl (C=O) groups excluding carboxylic acids is 1. The number of nitro groups is 1. The molecule has 0 unspecified atom stereocenters. The van der Waals surface area contributed by atoms with Crippen LogP contribution in [0.25, 0.3) is 11.3 Å². The van der Waals surface area contributed by atoms with E-state index in [9.17, 15) is 19.3 Å². The fourth-order valence-corrected chi connectivity index (χ4v) is 2.39. The van der Waals surface area contributed by atoms with E-state index in [0.29, 0.717) is 4.47 Å². The number of benzene rings is 1. The van der Waals surface area contributed by atoms with Crippen molar-refractivity contribution >= 4 is 33.2 Å². The zero-order valence-electron chi connectivity index (χ0n) is 13.3. The minimum atomic E-state index is -0.777. The Balaban J connectivity index is 2.72. The topological polar surface area (TPSA) is 85.1 Å². The monoisotopic (exact) mass is 395 g/mol. The summed E-state index contributed by atoms with van der Waals surface area (Å²) in [6, 6.07) is 5.35. The summed E-state index contributed by atoms with van der Waals surface area (Å²) in [6.07, 6.45) is 1.38. The molecule has 0 aliphatic carbocycles. The fourth-order valence-electron chi connectivity index (χ4n) is 1.94. The van der Waals surface area contributed by atoms with E-state index >= 15 is 0 Å². The number of amides is 1. The number of nitrogens with zero attached hydrogens (tertiary/aromatic N) is 2. The molecule has 126 valence electrons. The first kappa shape index (κ1) is 18.0. The summed E-state index contributed by atoms with van der Waals surface area (Å²) in [5, 5.41) is 13.9. The Labute approximate surface area is 146 Å². The van der Waals surface area contributed by atoms with Crippen molar-refractivity contribution in [2.24, 2.45) is 5.41 Å². The van der Waals surface area contributed by atoms with Crippen LogP contribution in [0, 0.1) is 21.3 Å². The number of nitrogens with one attached hydrogen (secondary N) is 1. The molecule has 1 N–H and O–H groups in total. The molecule has 1 amide bonds. The smallest absolute Gasteiger partial charge is 0.294 e. The molecule has 2 rings (SSSR count). The summed E-state index contributed by atoms with van der Waals surface area (Å²) >= 11 is 3.18. The van der Waals surface area contributed by atoms with Crippen LogP contribution in [0.5, 0.6) is 0 Å². The van der Waals surface area contributed by atoms with Gasteiger partial charge in [-0.1, -0.05) is 36.7 Å². The normalized spacial score (nSPS) is 11.2. The molecule has 0 bridgehead atoms. The Morgan fingerprint density at radius 2 is 2.04 bits per heavy atom. The molecule has 1 aromatic heterocycles. The summed E-state index contributed by atoms with van der Waals surface area (Å²) < 4.78 is 14.5. The van der Waals surface area contributed by atoms with Crippen molar-refractivity contribution in [1.29, 1.82) is 0 Å². The third kappa shape index (κ3) is 3.76. The van der Waals surface area contributed by atoms with Gasteiger partial charge in [-0.2, -0.15) is 0 Å². The van der Waals surface area contributed by atoms with Gasteiger partial charge in [0.25, 0.3) is 5.69 Å². The fraction of sp³-hybridized carbons (Fsp3) is 0.250. The number of anilines is 1. The third-order valence-corrected chi connectivity index (χ3v) is 3.67. The van der Waals surface area contributed by atoms with Crippen LogP contribution in [-0.2, 0) is 4.79 Å². The average molecular weight is 396 g/mol. The molecule has 0 radical (unpaired) electrons. The Morgan fingerprint density at radius 1 is 1.38 bits per heavy atom. The maximum Gasteiger partial charge on any atom is 0.294 e. The Morgan fingerprint density at radius 3 is 2.58 bits per heavy atom. The van der Waals surface area contributed by atoms with Crippen LogP contribution >= 0.6 is 15.9 Å². The molecular weight excluding hydrogens is 381 g/mol. The van der Waals surface area contributed by atoms with Gasteiger partial charge in [0, 0.05) is 27.7 Å². The average Bonchev–Trinajstić information content (AvgIpc) is 2.48. The van der Waals surface area contributed by atoms with Gasteiger partial charge in [0.15, 0.2) is 0 Å². The second kappa shape index (κ2) is 6.64. The lowest BCUT2D eigenvalue weighted by Crippen LogP contribution is -2.28. The molecule has 6 nitrogen and oxygen atoms in total. The Hall–Kier alpha value is -2.35. The van der Waals surface area contributed by atoms with Gasteiger partial charge >= 0.3 is 0 Å². The molecular formula is C16H15BrFN3O3. The lowest BCUT2D eigenvalue weighted by molar-refractivity contribution is -0.383. The van der Waals surface area contributed by atoms with Gasteiger partial charge in [-0.05, 0) is 18.2 Å². The SMILES string of the molecule is CC(C)(C)C(=O)Nc1c(-c2ncccc2F)cc(Br)cc1[N+](=O)[O-]. The molecule has 1 aromatic carbocycles. The van der Waals surface area contributed by atoms with Crippen molar-refractivity contribution in [1.82, 2.24) is 4.98 Å². The molecule has 24 heavy (non-hydrogen) atoms. The van der Waals surface area contributed by atoms with Crippen molar-refractivity contribution in [3.63, 3.8) is 0 Å². The number of halogens is 2. The molecule has 8 heteroatoms. The van der Waals surface area contributed by atoms with E-state index in [1.54, 1.807) is 20.8 Å². The van der Waals surface area contributed by atoms with E-state index in [1.165, 1.54) is 30.5 Å².